The van der Waals surface area contributed by atoms with Crippen LogP contribution in [0.1, 0.15) is 39.2 Å². The van der Waals surface area contributed by atoms with Crippen LogP contribution in [0.5, 0.6) is 0 Å². The minimum Gasteiger partial charge on any atom is -0.346 e. The number of amides is 2. The van der Waals surface area contributed by atoms with Crippen LogP contribution < -0.4 is 10.2 Å². The standard InChI is InChI=1S/C22H27ClN4O/c1-22(2,3)15-6-8-16(9-7-15)25-21(28)26-13-17-10-11-18(14-26)27(17)20-19(23)5-4-12-24-20/h4-9,12,17-18H,10-11,13-14H2,1-3H3,(H,25,28). The van der Waals surface area contributed by atoms with Crippen LogP contribution in [0.15, 0.2) is 42.6 Å². The highest BCUT2D eigenvalue weighted by Crippen LogP contribution is 2.37. The van der Waals surface area contributed by atoms with Gasteiger partial charge in [0.2, 0.25) is 0 Å². The van der Waals surface area contributed by atoms with Crippen molar-refractivity contribution < 1.29 is 4.79 Å². The van der Waals surface area contributed by atoms with Crippen LogP contribution in [0.3, 0.4) is 0 Å². The topological polar surface area (TPSA) is 48.5 Å². The molecule has 2 saturated heterocycles. The predicted octanol–water partition coefficient (Wildman–Crippen LogP) is 4.92. The molecule has 1 N–H and O–H groups in total. The van der Waals surface area contributed by atoms with E-state index in [2.05, 4.69) is 48.1 Å². The van der Waals surface area contributed by atoms with Crippen LogP contribution in [0.4, 0.5) is 16.3 Å². The Balaban J connectivity index is 1.43. The molecule has 1 aromatic carbocycles. The summed E-state index contributed by atoms with van der Waals surface area (Å²) in [4.78, 5) is 21.5. The van der Waals surface area contributed by atoms with E-state index in [4.69, 9.17) is 11.6 Å². The van der Waals surface area contributed by atoms with Crippen molar-refractivity contribution in [1.82, 2.24) is 9.88 Å². The van der Waals surface area contributed by atoms with Crippen molar-refractivity contribution in [3.05, 3.63) is 53.2 Å². The first-order valence-corrected chi connectivity index (χ1v) is 10.3. The number of pyridine rings is 1. The molecule has 2 bridgehead atoms. The van der Waals surface area contributed by atoms with Gasteiger partial charge in [0.1, 0.15) is 5.82 Å². The molecule has 3 heterocycles. The number of nitrogens with one attached hydrogen (secondary N) is 1. The third-order valence-electron chi connectivity index (χ3n) is 5.76. The van der Waals surface area contributed by atoms with Crippen molar-refractivity contribution in [2.45, 2.75) is 51.1 Å². The Bertz CT molecular complexity index is 848. The highest BCUT2D eigenvalue weighted by Gasteiger charge is 2.42. The Hall–Kier alpha value is -2.27. The number of hydrogen-bond donors (Lipinski definition) is 1. The Kier molecular flexibility index (Phi) is 4.96. The van der Waals surface area contributed by atoms with Gasteiger partial charge in [-0.25, -0.2) is 9.78 Å². The molecule has 2 unspecified atom stereocenters. The van der Waals surface area contributed by atoms with Gasteiger partial charge < -0.3 is 15.1 Å². The Morgan fingerprint density at radius 3 is 2.32 bits per heavy atom. The molecule has 0 saturated carbocycles. The van der Waals surface area contributed by atoms with E-state index in [0.29, 0.717) is 18.1 Å². The molecule has 6 heteroatoms. The molecule has 0 aliphatic carbocycles. The van der Waals surface area contributed by atoms with Gasteiger partial charge in [-0.05, 0) is 48.1 Å². The number of aromatic nitrogens is 1. The lowest BCUT2D eigenvalue weighted by Crippen LogP contribution is -2.56. The van der Waals surface area contributed by atoms with Crippen molar-refractivity contribution in [1.29, 1.82) is 0 Å². The van der Waals surface area contributed by atoms with Crippen molar-refractivity contribution >= 4 is 29.1 Å². The van der Waals surface area contributed by atoms with E-state index in [0.717, 1.165) is 24.3 Å². The highest BCUT2D eigenvalue weighted by molar-refractivity contribution is 6.33. The maximum absolute atomic E-state index is 12.8. The molecule has 2 fully saturated rings. The number of carbonyl (C=O) groups excluding carboxylic acids is 1. The van der Waals surface area contributed by atoms with Crippen LogP contribution in [0, 0.1) is 0 Å². The molecular formula is C22H27ClN4O. The van der Waals surface area contributed by atoms with Crippen LogP contribution in [-0.2, 0) is 5.41 Å². The van der Waals surface area contributed by atoms with E-state index in [1.165, 1.54) is 5.56 Å². The lowest BCUT2D eigenvalue weighted by molar-refractivity contribution is 0.197. The number of likely N-dealkylation sites (tertiary alicyclic amines) is 1. The number of nitrogens with zero attached hydrogens (tertiary/aromatic N) is 3. The molecule has 148 valence electrons. The number of fused-ring (bicyclic) bond motifs is 2. The molecule has 28 heavy (non-hydrogen) atoms. The zero-order valence-corrected chi connectivity index (χ0v) is 17.4. The summed E-state index contributed by atoms with van der Waals surface area (Å²) in [5, 5.41) is 3.73. The number of rotatable bonds is 2. The number of halogens is 1. The second-order valence-corrected chi connectivity index (χ2v) is 9.17. The van der Waals surface area contributed by atoms with Crippen LogP contribution in [0.25, 0.3) is 0 Å². The quantitative estimate of drug-likeness (QED) is 0.781. The molecule has 2 aliphatic heterocycles. The average Bonchev–Trinajstić information content (AvgIpc) is 2.91. The summed E-state index contributed by atoms with van der Waals surface area (Å²) in [6, 6.07) is 12.4. The molecule has 0 spiro atoms. The Morgan fingerprint density at radius 1 is 1.11 bits per heavy atom. The largest absolute Gasteiger partial charge is 0.346 e. The van der Waals surface area contributed by atoms with Gasteiger partial charge in [-0.3, -0.25) is 0 Å². The minimum atomic E-state index is -0.0350. The van der Waals surface area contributed by atoms with Gasteiger partial charge in [0.15, 0.2) is 0 Å². The Morgan fingerprint density at radius 2 is 1.75 bits per heavy atom. The van der Waals surface area contributed by atoms with E-state index in [-0.39, 0.29) is 23.5 Å². The number of piperazine rings is 1. The number of anilines is 2. The van der Waals surface area contributed by atoms with Gasteiger partial charge in [-0.1, -0.05) is 44.5 Å². The van der Waals surface area contributed by atoms with E-state index in [9.17, 15) is 4.79 Å². The molecule has 2 atom stereocenters. The molecule has 2 amide bonds. The smallest absolute Gasteiger partial charge is 0.321 e. The summed E-state index contributed by atoms with van der Waals surface area (Å²) in [6.45, 7) is 7.93. The first kappa shape index (κ1) is 19.1. The fourth-order valence-electron chi connectivity index (χ4n) is 4.24. The summed E-state index contributed by atoms with van der Waals surface area (Å²) >= 11 is 6.37. The van der Waals surface area contributed by atoms with E-state index in [1.54, 1.807) is 6.20 Å². The van der Waals surface area contributed by atoms with Gasteiger partial charge in [-0.15, -0.1) is 0 Å². The summed E-state index contributed by atoms with van der Waals surface area (Å²) < 4.78 is 0. The van der Waals surface area contributed by atoms with E-state index in [1.807, 2.05) is 29.2 Å². The summed E-state index contributed by atoms with van der Waals surface area (Å²) in [5.74, 6) is 0.842. The summed E-state index contributed by atoms with van der Waals surface area (Å²) in [7, 11) is 0. The maximum Gasteiger partial charge on any atom is 0.321 e. The summed E-state index contributed by atoms with van der Waals surface area (Å²) in [6.07, 6.45) is 3.89. The molecule has 0 radical (unpaired) electrons. The highest BCUT2D eigenvalue weighted by atomic mass is 35.5. The summed E-state index contributed by atoms with van der Waals surface area (Å²) in [5.41, 5.74) is 2.19. The first-order valence-electron chi connectivity index (χ1n) is 9.88. The van der Waals surface area contributed by atoms with Gasteiger partial charge >= 0.3 is 6.03 Å². The zero-order chi connectivity index (χ0) is 19.9. The lowest BCUT2D eigenvalue weighted by atomic mass is 9.87. The van der Waals surface area contributed by atoms with Gasteiger partial charge in [0, 0.05) is 37.1 Å². The lowest BCUT2D eigenvalue weighted by Gasteiger charge is -2.41. The molecule has 1 aromatic heterocycles. The average molecular weight is 399 g/mol. The fraction of sp³-hybridized carbons (Fsp3) is 0.455. The third kappa shape index (κ3) is 3.68. The predicted molar refractivity (Wildman–Crippen MR) is 114 cm³/mol. The number of hydrogen-bond acceptors (Lipinski definition) is 3. The second kappa shape index (κ2) is 7.28. The number of carbonyl (C=O) groups is 1. The molecule has 4 rings (SSSR count). The molecule has 2 aromatic rings. The third-order valence-corrected chi connectivity index (χ3v) is 6.05. The monoisotopic (exact) mass is 398 g/mol. The van der Waals surface area contributed by atoms with E-state index < -0.39 is 0 Å². The molecule has 5 nitrogen and oxygen atoms in total. The van der Waals surface area contributed by atoms with Crippen LogP contribution in [-0.4, -0.2) is 41.1 Å². The van der Waals surface area contributed by atoms with Gasteiger partial charge in [-0.2, -0.15) is 0 Å². The Labute approximate surface area is 171 Å². The fourth-order valence-corrected chi connectivity index (χ4v) is 4.46. The van der Waals surface area contributed by atoms with Crippen LogP contribution >= 0.6 is 11.6 Å². The number of benzene rings is 1. The minimum absolute atomic E-state index is 0.0350. The van der Waals surface area contributed by atoms with Crippen molar-refractivity contribution in [3.8, 4) is 0 Å². The van der Waals surface area contributed by atoms with Gasteiger partial charge in [0.05, 0.1) is 5.02 Å². The van der Waals surface area contributed by atoms with Crippen LogP contribution in [0.2, 0.25) is 5.02 Å². The molecule has 2 aliphatic rings. The maximum atomic E-state index is 12.8. The van der Waals surface area contributed by atoms with E-state index >= 15 is 0 Å². The zero-order valence-electron chi connectivity index (χ0n) is 16.7. The van der Waals surface area contributed by atoms with Crippen molar-refractivity contribution in [2.24, 2.45) is 0 Å². The second-order valence-electron chi connectivity index (χ2n) is 8.76. The van der Waals surface area contributed by atoms with Gasteiger partial charge in [0.25, 0.3) is 0 Å². The SMILES string of the molecule is CC(C)(C)c1ccc(NC(=O)N2CC3CCC(C2)N3c2ncccc2Cl)cc1. The normalized spacial score (nSPS) is 21.7. The van der Waals surface area contributed by atoms with Crippen molar-refractivity contribution in [3.63, 3.8) is 0 Å². The molecular weight excluding hydrogens is 372 g/mol. The first-order chi connectivity index (χ1) is 13.3. The number of urea groups is 1. The van der Waals surface area contributed by atoms with Crippen molar-refractivity contribution in [2.75, 3.05) is 23.3 Å².